The van der Waals surface area contributed by atoms with Crippen LogP contribution in [0.5, 0.6) is 0 Å². The third kappa shape index (κ3) is 4.69. The first-order valence-electron chi connectivity index (χ1n) is 11.9. The van der Waals surface area contributed by atoms with Crippen molar-refractivity contribution in [3.8, 4) is 5.82 Å². The zero-order valence-electron chi connectivity index (χ0n) is 19.6. The third-order valence-electron chi connectivity index (χ3n) is 6.81. The average molecular weight is 472 g/mol. The molecular formula is C24H31F2N7O. The van der Waals surface area contributed by atoms with Gasteiger partial charge in [-0.2, -0.15) is 9.97 Å². The number of benzene rings is 1. The molecule has 5 rings (SSSR count). The number of hydrogen-bond donors (Lipinski definition) is 1. The molecule has 10 heteroatoms. The Morgan fingerprint density at radius 1 is 1.00 bits per heavy atom. The van der Waals surface area contributed by atoms with Gasteiger partial charge in [0.15, 0.2) is 5.82 Å². The van der Waals surface area contributed by atoms with Gasteiger partial charge in [-0.25, -0.2) is 13.8 Å². The number of alkyl halides is 2. The summed E-state index contributed by atoms with van der Waals surface area (Å²) in [6.07, 6.45) is 1.50. The van der Waals surface area contributed by atoms with Crippen molar-refractivity contribution in [1.29, 1.82) is 0 Å². The molecule has 2 aliphatic rings. The molecule has 1 saturated carbocycles. The Morgan fingerprint density at radius 2 is 1.71 bits per heavy atom. The van der Waals surface area contributed by atoms with Crippen LogP contribution in [-0.4, -0.2) is 76.9 Å². The van der Waals surface area contributed by atoms with E-state index in [-0.39, 0.29) is 11.9 Å². The van der Waals surface area contributed by atoms with E-state index >= 15 is 0 Å². The fraction of sp³-hybridized carbons (Fsp3) is 0.542. The van der Waals surface area contributed by atoms with E-state index < -0.39 is 6.43 Å². The SMILES string of the molecule is CN(C)[C@H]1CC[C@H](Nc2nc(N3CCOCC3)cc(-n3c(C(F)F)nc4ccccc43)n2)CC1. The van der Waals surface area contributed by atoms with Crippen LogP contribution < -0.4 is 10.2 Å². The van der Waals surface area contributed by atoms with E-state index in [1.165, 1.54) is 4.57 Å². The van der Waals surface area contributed by atoms with Gasteiger partial charge in [0.05, 0.1) is 24.2 Å². The van der Waals surface area contributed by atoms with Crippen LogP contribution in [0.2, 0.25) is 0 Å². The lowest BCUT2D eigenvalue weighted by atomic mass is 9.91. The first-order chi connectivity index (χ1) is 16.5. The number of nitrogens with zero attached hydrogens (tertiary/aromatic N) is 6. The van der Waals surface area contributed by atoms with Gasteiger partial charge in [-0.3, -0.25) is 4.57 Å². The number of hydrogen-bond acceptors (Lipinski definition) is 7. The number of imidazole rings is 1. The minimum absolute atomic E-state index is 0.248. The Bertz CT molecular complexity index is 1120. The molecule has 1 N–H and O–H groups in total. The van der Waals surface area contributed by atoms with E-state index in [0.717, 1.165) is 25.7 Å². The Balaban J connectivity index is 1.53. The second kappa shape index (κ2) is 9.79. The summed E-state index contributed by atoms with van der Waals surface area (Å²) in [6, 6.07) is 9.76. The van der Waals surface area contributed by atoms with Gasteiger partial charge in [-0.15, -0.1) is 0 Å². The van der Waals surface area contributed by atoms with E-state index in [1.807, 2.05) is 6.07 Å². The van der Waals surface area contributed by atoms with Gasteiger partial charge in [-0.05, 0) is 51.9 Å². The van der Waals surface area contributed by atoms with Crippen LogP contribution in [0.3, 0.4) is 0 Å². The van der Waals surface area contributed by atoms with Crippen molar-refractivity contribution < 1.29 is 13.5 Å². The molecule has 0 unspecified atom stereocenters. The summed E-state index contributed by atoms with van der Waals surface area (Å²) in [6.45, 7) is 2.59. The molecule has 2 aromatic heterocycles. The first kappa shape index (κ1) is 22.9. The standard InChI is InChI=1S/C24H31F2N7O/c1-31(2)17-9-7-16(8-10-17)27-24-29-20(32-11-13-34-14-12-32)15-21(30-24)33-19-6-4-3-5-18(19)28-23(33)22(25)26/h3-6,15-17,22H,7-14H2,1-2H3,(H,27,29,30)/t16-,17-. The van der Waals surface area contributed by atoms with Gasteiger partial charge in [0.2, 0.25) is 5.95 Å². The van der Waals surface area contributed by atoms with Gasteiger partial charge in [-0.1, -0.05) is 12.1 Å². The van der Waals surface area contributed by atoms with E-state index in [4.69, 9.17) is 14.7 Å². The highest BCUT2D eigenvalue weighted by molar-refractivity contribution is 5.78. The van der Waals surface area contributed by atoms with Crippen molar-refractivity contribution in [3.63, 3.8) is 0 Å². The molecule has 2 fully saturated rings. The number of morpholine rings is 1. The lowest BCUT2D eigenvalue weighted by Gasteiger charge is -2.33. The fourth-order valence-electron chi connectivity index (χ4n) is 4.91. The maximum atomic E-state index is 14.0. The van der Waals surface area contributed by atoms with E-state index in [0.29, 0.717) is 61.0 Å². The highest BCUT2D eigenvalue weighted by Gasteiger charge is 2.26. The van der Waals surface area contributed by atoms with Gasteiger partial charge >= 0.3 is 0 Å². The van der Waals surface area contributed by atoms with Crippen LogP contribution in [0.1, 0.15) is 37.9 Å². The summed E-state index contributed by atoms with van der Waals surface area (Å²) in [5.41, 5.74) is 1.11. The number of para-hydroxylation sites is 2. The molecule has 1 saturated heterocycles. The average Bonchev–Trinajstić information content (AvgIpc) is 3.25. The van der Waals surface area contributed by atoms with Crippen molar-refractivity contribution in [2.45, 2.75) is 44.2 Å². The summed E-state index contributed by atoms with van der Waals surface area (Å²) in [5, 5.41) is 3.50. The molecule has 3 aromatic rings. The summed E-state index contributed by atoms with van der Waals surface area (Å²) in [4.78, 5) is 18.1. The van der Waals surface area contributed by atoms with Gasteiger partial charge < -0.3 is 19.9 Å². The van der Waals surface area contributed by atoms with Crippen molar-refractivity contribution in [3.05, 3.63) is 36.2 Å². The second-order valence-corrected chi connectivity index (χ2v) is 9.22. The Kier molecular flexibility index (Phi) is 6.60. The van der Waals surface area contributed by atoms with Crippen molar-refractivity contribution in [1.82, 2.24) is 24.4 Å². The monoisotopic (exact) mass is 471 g/mol. The van der Waals surface area contributed by atoms with Crippen molar-refractivity contribution in [2.24, 2.45) is 0 Å². The lowest BCUT2D eigenvalue weighted by molar-refractivity contribution is 0.122. The molecule has 1 aromatic carbocycles. The highest BCUT2D eigenvalue weighted by Crippen LogP contribution is 2.30. The maximum absolute atomic E-state index is 14.0. The Hall–Kier alpha value is -2.85. The molecule has 3 heterocycles. The van der Waals surface area contributed by atoms with Gasteiger partial charge in [0.1, 0.15) is 11.6 Å². The number of ether oxygens (including phenoxy) is 1. The van der Waals surface area contributed by atoms with Crippen LogP contribution in [0.25, 0.3) is 16.9 Å². The predicted molar refractivity (Wildman–Crippen MR) is 128 cm³/mol. The van der Waals surface area contributed by atoms with E-state index in [9.17, 15) is 8.78 Å². The normalized spacial score (nSPS) is 21.5. The molecule has 1 aliphatic carbocycles. The maximum Gasteiger partial charge on any atom is 0.296 e. The van der Waals surface area contributed by atoms with E-state index in [1.54, 1.807) is 24.3 Å². The summed E-state index contributed by atoms with van der Waals surface area (Å²) in [5.74, 6) is 1.25. The quantitative estimate of drug-likeness (QED) is 0.585. The fourth-order valence-corrected chi connectivity index (χ4v) is 4.91. The largest absolute Gasteiger partial charge is 0.378 e. The van der Waals surface area contributed by atoms with Gasteiger partial charge in [0.25, 0.3) is 6.43 Å². The number of rotatable bonds is 6. The molecule has 0 spiro atoms. The molecule has 8 nitrogen and oxygen atoms in total. The first-order valence-corrected chi connectivity index (χ1v) is 11.9. The zero-order chi connectivity index (χ0) is 23.7. The summed E-state index contributed by atoms with van der Waals surface area (Å²) < 4.78 is 35.0. The number of aromatic nitrogens is 4. The summed E-state index contributed by atoms with van der Waals surface area (Å²) >= 11 is 0. The molecule has 0 atom stereocenters. The molecule has 0 amide bonds. The van der Waals surface area contributed by atoms with Crippen LogP contribution in [0.4, 0.5) is 20.5 Å². The van der Waals surface area contributed by atoms with Crippen LogP contribution in [0.15, 0.2) is 30.3 Å². The van der Waals surface area contributed by atoms with Crippen molar-refractivity contribution >= 4 is 22.8 Å². The Morgan fingerprint density at radius 3 is 2.41 bits per heavy atom. The number of anilines is 2. The summed E-state index contributed by atoms with van der Waals surface area (Å²) in [7, 11) is 4.24. The zero-order valence-corrected chi connectivity index (χ0v) is 19.6. The molecule has 34 heavy (non-hydrogen) atoms. The number of fused-ring (bicyclic) bond motifs is 1. The minimum Gasteiger partial charge on any atom is -0.378 e. The molecule has 0 radical (unpaired) electrons. The third-order valence-corrected chi connectivity index (χ3v) is 6.81. The van der Waals surface area contributed by atoms with E-state index in [2.05, 4.69) is 34.2 Å². The molecule has 1 aliphatic heterocycles. The molecule has 0 bridgehead atoms. The lowest BCUT2D eigenvalue weighted by Crippen LogP contribution is -2.38. The number of nitrogens with one attached hydrogen (secondary N) is 1. The van der Waals surface area contributed by atoms with Gasteiger partial charge in [0, 0.05) is 31.2 Å². The van der Waals surface area contributed by atoms with Crippen LogP contribution in [0, 0.1) is 0 Å². The molecule has 182 valence electrons. The topological polar surface area (TPSA) is 71.3 Å². The smallest absolute Gasteiger partial charge is 0.296 e. The second-order valence-electron chi connectivity index (χ2n) is 9.22. The Labute approximate surface area is 197 Å². The minimum atomic E-state index is -2.73. The highest BCUT2D eigenvalue weighted by atomic mass is 19.3. The number of halogens is 2. The van der Waals surface area contributed by atoms with Crippen molar-refractivity contribution in [2.75, 3.05) is 50.6 Å². The van der Waals surface area contributed by atoms with Crippen LogP contribution in [-0.2, 0) is 4.74 Å². The molecular weight excluding hydrogens is 440 g/mol. The van der Waals surface area contributed by atoms with Crippen LogP contribution >= 0.6 is 0 Å². The predicted octanol–water partition coefficient (Wildman–Crippen LogP) is 3.87.